The van der Waals surface area contributed by atoms with Crippen LogP contribution in [0.3, 0.4) is 0 Å². The number of aryl methyl sites for hydroxylation is 2. The highest BCUT2D eigenvalue weighted by atomic mass is 16.2. The second-order valence-electron chi connectivity index (χ2n) is 6.82. The highest BCUT2D eigenvalue weighted by Gasteiger charge is 2.14. The van der Waals surface area contributed by atoms with Crippen LogP contribution in [0.1, 0.15) is 27.3 Å². The number of amides is 1. The summed E-state index contributed by atoms with van der Waals surface area (Å²) >= 11 is 0. The molecule has 0 aliphatic heterocycles. The summed E-state index contributed by atoms with van der Waals surface area (Å²) in [6.45, 7) is 4.43. The maximum absolute atomic E-state index is 12.8. The van der Waals surface area contributed by atoms with Gasteiger partial charge in [-0.05, 0) is 49.7 Å². The van der Waals surface area contributed by atoms with Gasteiger partial charge in [0.05, 0.1) is 22.4 Å². The van der Waals surface area contributed by atoms with Gasteiger partial charge in [0.15, 0.2) is 0 Å². The smallest absolute Gasteiger partial charge is 0.253 e. The third-order valence-electron chi connectivity index (χ3n) is 4.54. The van der Waals surface area contributed by atoms with Crippen LogP contribution in [0.2, 0.25) is 0 Å². The molecule has 1 amide bonds. The summed E-state index contributed by atoms with van der Waals surface area (Å²) in [6, 6.07) is 13.7. The largest absolute Gasteiger partial charge is 0.378 e. The van der Waals surface area contributed by atoms with E-state index in [1.165, 1.54) is 0 Å². The van der Waals surface area contributed by atoms with Crippen molar-refractivity contribution in [1.82, 2.24) is 14.9 Å². The standard InChI is InChI=1S/C21H24N4O/c1-14-15(2)23-20-12-17(8-11-19(20)22-14)21(26)25(5)13-16-6-9-18(10-7-16)24(3)4/h6-12H,13H2,1-5H3. The summed E-state index contributed by atoms with van der Waals surface area (Å²) in [6.07, 6.45) is 0. The van der Waals surface area contributed by atoms with Gasteiger partial charge in [-0.15, -0.1) is 0 Å². The van der Waals surface area contributed by atoms with Crippen LogP contribution < -0.4 is 4.90 Å². The molecule has 5 heteroatoms. The zero-order chi connectivity index (χ0) is 18.8. The number of aromatic nitrogens is 2. The SMILES string of the molecule is Cc1nc2ccc(C(=O)N(C)Cc3ccc(N(C)C)cc3)cc2nc1C. The molecule has 0 N–H and O–H groups in total. The minimum Gasteiger partial charge on any atom is -0.378 e. The third kappa shape index (κ3) is 3.67. The molecule has 2 aromatic carbocycles. The summed E-state index contributed by atoms with van der Waals surface area (Å²) in [5.74, 6) is -0.0244. The molecule has 0 fully saturated rings. The first kappa shape index (κ1) is 17.9. The number of carbonyl (C=O) groups is 1. The predicted molar refractivity (Wildman–Crippen MR) is 106 cm³/mol. The molecule has 0 saturated heterocycles. The Morgan fingerprint density at radius 3 is 2.12 bits per heavy atom. The fraction of sp³-hybridized carbons (Fsp3) is 0.286. The molecule has 26 heavy (non-hydrogen) atoms. The van der Waals surface area contributed by atoms with Crippen molar-refractivity contribution < 1.29 is 4.79 Å². The minimum absolute atomic E-state index is 0.0244. The van der Waals surface area contributed by atoms with E-state index >= 15 is 0 Å². The van der Waals surface area contributed by atoms with Crippen molar-refractivity contribution in [3.8, 4) is 0 Å². The van der Waals surface area contributed by atoms with Crippen LogP contribution in [-0.2, 0) is 6.54 Å². The van der Waals surface area contributed by atoms with Gasteiger partial charge in [0.2, 0.25) is 0 Å². The number of hydrogen-bond acceptors (Lipinski definition) is 4. The lowest BCUT2D eigenvalue weighted by Gasteiger charge is -2.19. The van der Waals surface area contributed by atoms with Crippen molar-refractivity contribution >= 4 is 22.6 Å². The molecule has 0 atom stereocenters. The summed E-state index contributed by atoms with van der Waals surface area (Å²) in [5.41, 5.74) is 6.23. The fourth-order valence-corrected chi connectivity index (χ4v) is 2.83. The molecule has 0 radical (unpaired) electrons. The molecule has 5 nitrogen and oxygen atoms in total. The number of anilines is 1. The van der Waals surface area contributed by atoms with Crippen LogP contribution in [0.5, 0.6) is 0 Å². The Morgan fingerprint density at radius 2 is 1.50 bits per heavy atom. The van der Waals surface area contributed by atoms with E-state index in [-0.39, 0.29) is 5.91 Å². The fourth-order valence-electron chi connectivity index (χ4n) is 2.83. The highest BCUT2D eigenvalue weighted by molar-refractivity contribution is 5.97. The third-order valence-corrected chi connectivity index (χ3v) is 4.54. The van der Waals surface area contributed by atoms with E-state index in [0.717, 1.165) is 33.7 Å². The van der Waals surface area contributed by atoms with Crippen LogP contribution in [0, 0.1) is 13.8 Å². The van der Waals surface area contributed by atoms with E-state index in [2.05, 4.69) is 39.1 Å². The first-order valence-electron chi connectivity index (χ1n) is 8.62. The minimum atomic E-state index is -0.0244. The van der Waals surface area contributed by atoms with E-state index in [1.807, 2.05) is 53.2 Å². The van der Waals surface area contributed by atoms with Crippen molar-refractivity contribution in [2.24, 2.45) is 0 Å². The quantitative estimate of drug-likeness (QED) is 0.723. The maximum atomic E-state index is 12.8. The molecule has 0 aliphatic rings. The molecule has 3 rings (SSSR count). The lowest BCUT2D eigenvalue weighted by molar-refractivity contribution is 0.0785. The predicted octanol–water partition coefficient (Wildman–Crippen LogP) is 3.58. The molecule has 1 heterocycles. The van der Waals surface area contributed by atoms with E-state index < -0.39 is 0 Å². The molecule has 0 saturated carbocycles. The van der Waals surface area contributed by atoms with Gasteiger partial charge in [-0.2, -0.15) is 0 Å². The lowest BCUT2D eigenvalue weighted by atomic mass is 10.1. The molecular formula is C21H24N4O. The molecule has 134 valence electrons. The second kappa shape index (κ2) is 7.12. The Labute approximate surface area is 154 Å². The van der Waals surface area contributed by atoms with E-state index in [1.54, 1.807) is 4.90 Å². The Bertz CT molecular complexity index is 948. The van der Waals surface area contributed by atoms with Crippen molar-refractivity contribution in [1.29, 1.82) is 0 Å². The Kier molecular flexibility index (Phi) is 4.89. The Balaban J connectivity index is 1.79. The monoisotopic (exact) mass is 348 g/mol. The number of nitrogens with zero attached hydrogens (tertiary/aromatic N) is 4. The van der Waals surface area contributed by atoms with Gasteiger partial charge in [0, 0.05) is 38.9 Å². The summed E-state index contributed by atoms with van der Waals surface area (Å²) in [5, 5.41) is 0. The highest BCUT2D eigenvalue weighted by Crippen LogP contribution is 2.17. The number of benzene rings is 2. The van der Waals surface area contributed by atoms with Gasteiger partial charge in [-0.3, -0.25) is 4.79 Å². The molecule has 0 bridgehead atoms. The summed E-state index contributed by atoms with van der Waals surface area (Å²) < 4.78 is 0. The van der Waals surface area contributed by atoms with Gasteiger partial charge >= 0.3 is 0 Å². The van der Waals surface area contributed by atoms with Gasteiger partial charge in [-0.1, -0.05) is 12.1 Å². The van der Waals surface area contributed by atoms with Gasteiger partial charge in [-0.25, -0.2) is 9.97 Å². The first-order valence-corrected chi connectivity index (χ1v) is 8.62. The first-order chi connectivity index (χ1) is 12.3. The number of fused-ring (bicyclic) bond motifs is 1. The average molecular weight is 348 g/mol. The van der Waals surface area contributed by atoms with Crippen LogP contribution >= 0.6 is 0 Å². The maximum Gasteiger partial charge on any atom is 0.253 e. The topological polar surface area (TPSA) is 49.3 Å². The zero-order valence-corrected chi connectivity index (χ0v) is 15.9. The number of carbonyl (C=O) groups excluding carboxylic acids is 1. The van der Waals surface area contributed by atoms with E-state index in [0.29, 0.717) is 12.1 Å². The van der Waals surface area contributed by atoms with Crippen LogP contribution in [0.4, 0.5) is 5.69 Å². The lowest BCUT2D eigenvalue weighted by Crippen LogP contribution is -2.26. The zero-order valence-electron chi connectivity index (χ0n) is 15.9. The van der Waals surface area contributed by atoms with Crippen LogP contribution in [-0.4, -0.2) is 41.9 Å². The number of hydrogen-bond donors (Lipinski definition) is 0. The summed E-state index contributed by atoms with van der Waals surface area (Å²) in [7, 11) is 5.84. The molecule has 0 unspecified atom stereocenters. The molecule has 0 aliphatic carbocycles. The Morgan fingerprint density at radius 1 is 0.885 bits per heavy atom. The van der Waals surface area contributed by atoms with Crippen molar-refractivity contribution in [2.75, 3.05) is 26.0 Å². The van der Waals surface area contributed by atoms with E-state index in [9.17, 15) is 4.79 Å². The van der Waals surface area contributed by atoms with Crippen molar-refractivity contribution in [2.45, 2.75) is 20.4 Å². The number of rotatable bonds is 4. The van der Waals surface area contributed by atoms with Gasteiger partial charge in [0.1, 0.15) is 0 Å². The Hall–Kier alpha value is -2.95. The van der Waals surface area contributed by atoms with Gasteiger partial charge in [0.25, 0.3) is 5.91 Å². The second-order valence-corrected chi connectivity index (χ2v) is 6.82. The average Bonchev–Trinajstić information content (AvgIpc) is 2.62. The van der Waals surface area contributed by atoms with Crippen molar-refractivity contribution in [3.63, 3.8) is 0 Å². The van der Waals surface area contributed by atoms with E-state index in [4.69, 9.17) is 0 Å². The molecule has 3 aromatic rings. The molecule has 1 aromatic heterocycles. The van der Waals surface area contributed by atoms with Crippen LogP contribution in [0.15, 0.2) is 42.5 Å². The summed E-state index contributed by atoms with van der Waals surface area (Å²) in [4.78, 5) is 25.6. The molecular weight excluding hydrogens is 324 g/mol. The van der Waals surface area contributed by atoms with Crippen LogP contribution in [0.25, 0.3) is 11.0 Å². The normalized spacial score (nSPS) is 10.8. The van der Waals surface area contributed by atoms with Crippen molar-refractivity contribution in [3.05, 3.63) is 65.0 Å². The van der Waals surface area contributed by atoms with Gasteiger partial charge < -0.3 is 9.80 Å². The molecule has 0 spiro atoms.